The maximum absolute atomic E-state index is 13.6. The number of ether oxygens (including phenoxy) is 1. The average molecular weight is 556 g/mol. The van der Waals surface area contributed by atoms with Crippen molar-refractivity contribution in [2.45, 2.75) is 44.4 Å². The van der Waals surface area contributed by atoms with Gasteiger partial charge in [-0.05, 0) is 44.9 Å². The number of halogens is 1. The minimum Gasteiger partial charge on any atom is -0.372 e. The van der Waals surface area contributed by atoms with Crippen molar-refractivity contribution in [3.8, 4) is 0 Å². The number of nitrogens with one attached hydrogen (secondary N) is 4. The summed E-state index contributed by atoms with van der Waals surface area (Å²) in [6, 6.07) is 4.93. The molecule has 0 spiro atoms. The summed E-state index contributed by atoms with van der Waals surface area (Å²) in [5.41, 5.74) is 7.00. The topological polar surface area (TPSA) is 139 Å². The molecule has 0 bridgehead atoms. The molecule has 208 valence electrons. The summed E-state index contributed by atoms with van der Waals surface area (Å²) < 4.78 is 6.01. The van der Waals surface area contributed by atoms with E-state index in [1.54, 1.807) is 25.5 Å². The van der Waals surface area contributed by atoms with Crippen molar-refractivity contribution in [3.05, 3.63) is 35.6 Å². The third-order valence-corrected chi connectivity index (χ3v) is 7.45. The summed E-state index contributed by atoms with van der Waals surface area (Å²) in [6.07, 6.45) is 4.94. The third-order valence-electron chi connectivity index (χ3n) is 7.23. The molecule has 2 saturated heterocycles. The van der Waals surface area contributed by atoms with E-state index < -0.39 is 11.6 Å². The van der Waals surface area contributed by atoms with Crippen LogP contribution in [-0.2, 0) is 14.3 Å². The Labute approximate surface area is 231 Å². The van der Waals surface area contributed by atoms with Crippen molar-refractivity contribution in [2.24, 2.45) is 10.3 Å². The number of rotatable bonds is 7. The number of aromatic nitrogens is 2. The molecule has 0 saturated carbocycles. The van der Waals surface area contributed by atoms with Gasteiger partial charge in [-0.1, -0.05) is 16.8 Å². The molecule has 12 nitrogen and oxygen atoms in total. The Kier molecular flexibility index (Phi) is 7.98. The van der Waals surface area contributed by atoms with Crippen LogP contribution in [0, 0.1) is 0 Å². The maximum Gasteiger partial charge on any atom is 0.244 e. The van der Waals surface area contributed by atoms with E-state index >= 15 is 0 Å². The molecule has 2 aliphatic rings. The second-order valence-corrected chi connectivity index (χ2v) is 11.0. The first kappa shape index (κ1) is 27.3. The predicted octanol–water partition coefficient (Wildman–Crippen LogP) is 2.87. The number of pyridine rings is 1. The molecule has 2 aromatic heterocycles. The van der Waals surface area contributed by atoms with Gasteiger partial charge in [0.05, 0.1) is 47.7 Å². The summed E-state index contributed by atoms with van der Waals surface area (Å²) in [5.74, 6) is -0.266. The number of morpholine rings is 1. The fourth-order valence-corrected chi connectivity index (χ4v) is 5.48. The Morgan fingerprint density at radius 2 is 2.05 bits per heavy atom. The van der Waals surface area contributed by atoms with E-state index in [1.165, 1.54) is 0 Å². The lowest BCUT2D eigenvalue weighted by atomic mass is 10.0. The van der Waals surface area contributed by atoms with Crippen molar-refractivity contribution in [3.63, 3.8) is 0 Å². The van der Waals surface area contributed by atoms with E-state index in [1.807, 2.05) is 35.8 Å². The molecule has 4 N–H and O–H groups in total. The fourth-order valence-electron chi connectivity index (χ4n) is 5.26. The molecule has 2 fully saturated rings. The molecular weight excluding hydrogens is 522 g/mol. The zero-order valence-corrected chi connectivity index (χ0v) is 23.1. The molecule has 0 unspecified atom stereocenters. The maximum atomic E-state index is 13.6. The summed E-state index contributed by atoms with van der Waals surface area (Å²) in [7, 11) is 1.72. The van der Waals surface area contributed by atoms with Crippen LogP contribution in [0.2, 0.25) is 5.02 Å². The lowest BCUT2D eigenvalue weighted by Crippen LogP contribution is -2.60. The highest BCUT2D eigenvalue weighted by Crippen LogP contribution is 2.33. The number of fused-ring (bicyclic) bond motifs is 3. The van der Waals surface area contributed by atoms with Crippen molar-refractivity contribution in [2.75, 3.05) is 45.2 Å². The molecule has 2 amide bonds. The Morgan fingerprint density at radius 3 is 2.82 bits per heavy atom. The Hall–Kier alpha value is -3.32. The molecule has 3 aromatic rings. The largest absolute Gasteiger partial charge is 0.372 e. The molecule has 39 heavy (non-hydrogen) atoms. The number of anilines is 1. The highest BCUT2D eigenvalue weighted by Gasteiger charge is 2.39. The lowest BCUT2D eigenvalue weighted by molar-refractivity contribution is -0.150. The fraction of sp³-hybridized carbons (Fsp3) is 0.500. The molecule has 4 heterocycles. The standard InChI is InChI=1S/C26H34ClN9O3/c1-26(2)15-36(13-23(37)35-8-5-17(6-9-35)32-34-33-28-3)22(14-39-26)25(38)31-20-11-16(27)10-19-18-4-7-29-12-21(18)30-24(19)20/h4,7,10-12,17,22,30H,5-6,8-9,13-15H2,1-3H3,(H,28,34)(H,31,38)(H,32,33)/t22-/m0/s1. The van der Waals surface area contributed by atoms with Crippen LogP contribution in [0.5, 0.6) is 0 Å². The zero-order valence-electron chi connectivity index (χ0n) is 22.3. The van der Waals surface area contributed by atoms with Crippen LogP contribution >= 0.6 is 11.6 Å². The Morgan fingerprint density at radius 1 is 1.26 bits per heavy atom. The number of H-pyrrole nitrogens is 1. The van der Waals surface area contributed by atoms with Gasteiger partial charge < -0.3 is 19.9 Å². The van der Waals surface area contributed by atoms with E-state index in [9.17, 15) is 9.59 Å². The summed E-state index contributed by atoms with van der Waals surface area (Å²) in [4.78, 5) is 38.2. The molecule has 5 rings (SSSR count). The number of aromatic amines is 1. The zero-order chi connectivity index (χ0) is 27.6. The number of nitrogens with zero attached hydrogens (tertiary/aromatic N) is 5. The van der Waals surface area contributed by atoms with Gasteiger partial charge in [0.2, 0.25) is 11.8 Å². The van der Waals surface area contributed by atoms with Crippen molar-refractivity contribution >= 4 is 50.9 Å². The van der Waals surface area contributed by atoms with Crippen LogP contribution < -0.4 is 16.3 Å². The highest BCUT2D eigenvalue weighted by molar-refractivity contribution is 6.33. The number of piperidine rings is 1. The molecule has 0 radical (unpaired) electrons. The first-order chi connectivity index (χ1) is 18.7. The first-order valence-corrected chi connectivity index (χ1v) is 13.4. The average Bonchev–Trinajstić information content (AvgIpc) is 3.27. The number of amides is 2. The van der Waals surface area contributed by atoms with Gasteiger partial charge in [-0.15, -0.1) is 0 Å². The number of hydrazine groups is 1. The van der Waals surface area contributed by atoms with Gasteiger partial charge in [0.1, 0.15) is 6.04 Å². The lowest BCUT2D eigenvalue weighted by Gasteiger charge is -2.43. The second kappa shape index (κ2) is 11.4. The number of benzene rings is 1. The van der Waals surface area contributed by atoms with Gasteiger partial charge in [-0.2, -0.15) is 5.11 Å². The molecule has 1 atom stereocenters. The normalized spacial score (nSPS) is 20.6. The van der Waals surface area contributed by atoms with Gasteiger partial charge in [-0.3, -0.25) is 19.5 Å². The number of carbonyl (C=O) groups is 2. The molecule has 13 heteroatoms. The smallest absolute Gasteiger partial charge is 0.244 e. The van der Waals surface area contributed by atoms with Crippen LogP contribution in [0.1, 0.15) is 26.7 Å². The van der Waals surface area contributed by atoms with E-state index in [-0.39, 0.29) is 31.0 Å². The number of carbonyl (C=O) groups excluding carboxylic acids is 2. The third kappa shape index (κ3) is 6.14. The quantitative estimate of drug-likeness (QED) is 0.260. The molecule has 0 aliphatic carbocycles. The molecular formula is C26H34ClN9O3. The van der Waals surface area contributed by atoms with Crippen LogP contribution in [0.3, 0.4) is 0 Å². The SMILES string of the molecule is CNNN=NC1CCN(C(=O)CN2CC(C)(C)OC[C@H]2C(=O)Nc2cc(Cl)cc3c2[nH]c2cnccc23)CC1. The summed E-state index contributed by atoms with van der Waals surface area (Å²) in [6.45, 7) is 5.88. The van der Waals surface area contributed by atoms with Gasteiger partial charge in [0.25, 0.3) is 0 Å². The van der Waals surface area contributed by atoms with Crippen LogP contribution in [0.25, 0.3) is 21.8 Å². The van der Waals surface area contributed by atoms with Gasteiger partial charge in [-0.25, -0.2) is 11.0 Å². The van der Waals surface area contributed by atoms with Gasteiger partial charge >= 0.3 is 0 Å². The number of likely N-dealkylation sites (tertiary alicyclic amines) is 1. The van der Waals surface area contributed by atoms with Crippen molar-refractivity contribution in [1.29, 1.82) is 0 Å². The van der Waals surface area contributed by atoms with E-state index in [0.717, 1.165) is 34.6 Å². The van der Waals surface area contributed by atoms with E-state index in [2.05, 4.69) is 36.6 Å². The van der Waals surface area contributed by atoms with Gasteiger partial charge in [0.15, 0.2) is 0 Å². The van der Waals surface area contributed by atoms with Crippen molar-refractivity contribution < 1.29 is 14.3 Å². The summed E-state index contributed by atoms with van der Waals surface area (Å²) >= 11 is 6.43. The minimum absolute atomic E-state index is 0.0116. The highest BCUT2D eigenvalue weighted by atomic mass is 35.5. The van der Waals surface area contributed by atoms with Crippen LogP contribution in [0.15, 0.2) is 40.9 Å². The second-order valence-electron chi connectivity index (χ2n) is 10.6. The minimum atomic E-state index is -0.638. The van der Waals surface area contributed by atoms with Crippen LogP contribution in [-0.4, -0.2) is 89.1 Å². The number of hydrogen-bond donors (Lipinski definition) is 4. The Balaban J connectivity index is 1.30. The monoisotopic (exact) mass is 555 g/mol. The summed E-state index contributed by atoms with van der Waals surface area (Å²) in [5, 5.41) is 13.5. The van der Waals surface area contributed by atoms with E-state index in [4.69, 9.17) is 16.3 Å². The molecule has 2 aliphatic heterocycles. The Bertz CT molecular complexity index is 1380. The van der Waals surface area contributed by atoms with Crippen LogP contribution in [0.4, 0.5) is 5.69 Å². The van der Waals surface area contributed by atoms with E-state index in [0.29, 0.717) is 30.3 Å². The number of hydrogen-bond acceptors (Lipinski definition) is 8. The predicted molar refractivity (Wildman–Crippen MR) is 149 cm³/mol. The van der Waals surface area contributed by atoms with Crippen molar-refractivity contribution in [1.82, 2.24) is 30.7 Å². The first-order valence-electron chi connectivity index (χ1n) is 13.1. The molecule has 1 aromatic carbocycles. The van der Waals surface area contributed by atoms with Gasteiger partial charge in [0, 0.05) is 48.7 Å².